The molecule has 3 atom stereocenters. The number of halogens is 1. The molecule has 2 bridgehead atoms. The smallest absolute Gasteiger partial charge is 0.139 e. The van der Waals surface area contributed by atoms with Crippen molar-refractivity contribution in [3.05, 3.63) is 23.5 Å². The Balaban J connectivity index is 1.65. The van der Waals surface area contributed by atoms with E-state index in [0.29, 0.717) is 23.2 Å². The average Bonchev–Trinajstić information content (AvgIpc) is 2.28. The summed E-state index contributed by atoms with van der Waals surface area (Å²) in [7, 11) is 0. The molecule has 2 fully saturated rings. The molecular formula is C13H17ClN2O. The van der Waals surface area contributed by atoms with Crippen LogP contribution in [0.1, 0.15) is 32.1 Å². The summed E-state index contributed by atoms with van der Waals surface area (Å²) >= 11 is 5.90. The number of hydrogen-bond acceptors (Lipinski definition) is 3. The van der Waals surface area contributed by atoms with E-state index in [2.05, 4.69) is 10.3 Å². The summed E-state index contributed by atoms with van der Waals surface area (Å²) in [6, 6.07) is 3.12. The molecule has 2 saturated heterocycles. The van der Waals surface area contributed by atoms with E-state index in [9.17, 15) is 0 Å². The van der Waals surface area contributed by atoms with Gasteiger partial charge in [0, 0.05) is 24.3 Å². The predicted molar refractivity (Wildman–Crippen MR) is 67.5 cm³/mol. The van der Waals surface area contributed by atoms with E-state index in [0.717, 1.165) is 18.6 Å². The molecule has 1 N–H and O–H groups in total. The van der Waals surface area contributed by atoms with Crippen LogP contribution in [-0.2, 0) is 0 Å². The van der Waals surface area contributed by atoms with Gasteiger partial charge in [0.2, 0.25) is 0 Å². The van der Waals surface area contributed by atoms with Crippen LogP contribution in [0.25, 0.3) is 0 Å². The minimum absolute atomic E-state index is 0.312. The molecule has 3 heterocycles. The first-order valence-corrected chi connectivity index (χ1v) is 6.70. The molecule has 3 nitrogen and oxygen atoms in total. The summed E-state index contributed by atoms with van der Waals surface area (Å²) in [5.74, 6) is 0.794. The summed E-state index contributed by atoms with van der Waals surface area (Å²) in [6.07, 6.45) is 9.80. The molecule has 0 saturated carbocycles. The van der Waals surface area contributed by atoms with Gasteiger partial charge in [0.15, 0.2) is 0 Å². The number of nitrogens with zero attached hydrogens (tertiary/aromatic N) is 1. The van der Waals surface area contributed by atoms with Crippen LogP contribution >= 0.6 is 11.6 Å². The van der Waals surface area contributed by atoms with Gasteiger partial charge in [-0.25, -0.2) is 0 Å². The van der Waals surface area contributed by atoms with Gasteiger partial charge in [0.1, 0.15) is 11.9 Å². The molecule has 2 aliphatic heterocycles. The molecule has 4 heteroatoms. The molecule has 0 spiro atoms. The lowest BCUT2D eigenvalue weighted by Crippen LogP contribution is -2.51. The van der Waals surface area contributed by atoms with Gasteiger partial charge >= 0.3 is 0 Å². The Morgan fingerprint density at radius 3 is 2.71 bits per heavy atom. The van der Waals surface area contributed by atoms with Crippen LogP contribution in [0.2, 0.25) is 5.02 Å². The zero-order valence-electron chi connectivity index (χ0n) is 9.73. The predicted octanol–water partition coefficient (Wildman–Crippen LogP) is 2.79. The van der Waals surface area contributed by atoms with Crippen LogP contribution in [0.3, 0.4) is 0 Å². The van der Waals surface area contributed by atoms with Crippen molar-refractivity contribution in [3.63, 3.8) is 0 Å². The Kier molecular flexibility index (Phi) is 3.21. The molecular weight excluding hydrogens is 236 g/mol. The van der Waals surface area contributed by atoms with E-state index in [1.165, 1.54) is 19.3 Å². The highest BCUT2D eigenvalue weighted by Gasteiger charge is 2.32. The zero-order valence-corrected chi connectivity index (χ0v) is 10.5. The molecule has 0 radical (unpaired) electrons. The summed E-state index contributed by atoms with van der Waals surface area (Å²) < 4.78 is 5.99. The number of ether oxygens (including phenoxy) is 1. The van der Waals surface area contributed by atoms with Crippen molar-refractivity contribution in [1.82, 2.24) is 10.3 Å². The molecule has 1 unspecified atom stereocenters. The quantitative estimate of drug-likeness (QED) is 0.879. The summed E-state index contributed by atoms with van der Waals surface area (Å²) in [4.78, 5) is 4.05. The summed E-state index contributed by atoms with van der Waals surface area (Å²) in [5.41, 5.74) is 0. The van der Waals surface area contributed by atoms with Crippen LogP contribution in [0.15, 0.2) is 18.5 Å². The van der Waals surface area contributed by atoms with Crippen molar-refractivity contribution in [2.45, 2.75) is 50.3 Å². The number of pyridine rings is 1. The minimum Gasteiger partial charge on any atom is -0.489 e. The second-order valence-corrected chi connectivity index (χ2v) is 5.48. The van der Waals surface area contributed by atoms with Crippen LogP contribution in [-0.4, -0.2) is 23.2 Å². The van der Waals surface area contributed by atoms with Gasteiger partial charge < -0.3 is 10.1 Å². The average molecular weight is 253 g/mol. The topological polar surface area (TPSA) is 34.1 Å². The second-order valence-electron chi connectivity index (χ2n) is 5.04. The maximum Gasteiger partial charge on any atom is 0.139 e. The fourth-order valence-corrected chi connectivity index (χ4v) is 3.12. The third-order valence-corrected chi connectivity index (χ3v) is 3.86. The lowest BCUT2D eigenvalue weighted by molar-refractivity contribution is 0.0924. The van der Waals surface area contributed by atoms with Crippen LogP contribution in [0.4, 0.5) is 0 Å². The number of aromatic nitrogens is 1. The number of piperidine rings is 2. The molecule has 92 valence electrons. The Morgan fingerprint density at radius 2 is 2.00 bits per heavy atom. The third kappa shape index (κ3) is 2.72. The largest absolute Gasteiger partial charge is 0.489 e. The van der Waals surface area contributed by atoms with Gasteiger partial charge in [0.05, 0.1) is 11.2 Å². The van der Waals surface area contributed by atoms with Crippen molar-refractivity contribution in [2.24, 2.45) is 0 Å². The van der Waals surface area contributed by atoms with Crippen molar-refractivity contribution in [2.75, 3.05) is 0 Å². The summed E-state index contributed by atoms with van der Waals surface area (Å²) in [6.45, 7) is 0. The molecule has 0 amide bonds. The van der Waals surface area contributed by atoms with Crippen molar-refractivity contribution >= 4 is 11.6 Å². The van der Waals surface area contributed by atoms with Crippen LogP contribution in [0, 0.1) is 0 Å². The molecule has 1 aromatic heterocycles. The standard InChI is InChI=1S/C13H17ClN2O/c14-9-4-13(8-15-7-9)17-12-5-10-2-1-3-11(6-12)16-10/h4,7-8,10-12,16H,1-3,5-6H2/t10-,11+,12?. The third-order valence-electron chi connectivity index (χ3n) is 3.65. The minimum atomic E-state index is 0.312. The first-order chi connectivity index (χ1) is 8.29. The number of fused-ring (bicyclic) bond motifs is 2. The maximum absolute atomic E-state index is 5.99. The van der Waals surface area contributed by atoms with Crippen molar-refractivity contribution in [3.8, 4) is 5.75 Å². The van der Waals surface area contributed by atoms with Crippen LogP contribution in [0.5, 0.6) is 5.75 Å². The van der Waals surface area contributed by atoms with Gasteiger partial charge in [-0.3, -0.25) is 4.98 Å². The SMILES string of the molecule is Clc1cncc(OC2C[C@H]3CCC[C@@H](C2)N3)c1. The Morgan fingerprint density at radius 1 is 1.24 bits per heavy atom. The van der Waals surface area contributed by atoms with E-state index in [1.54, 1.807) is 12.4 Å². The molecule has 0 aliphatic carbocycles. The van der Waals surface area contributed by atoms with Gasteiger partial charge in [-0.05, 0) is 25.7 Å². The number of rotatable bonds is 2. The van der Waals surface area contributed by atoms with Gasteiger partial charge in [-0.1, -0.05) is 18.0 Å². The first-order valence-electron chi connectivity index (χ1n) is 6.33. The van der Waals surface area contributed by atoms with E-state index < -0.39 is 0 Å². The number of nitrogens with one attached hydrogen (secondary N) is 1. The fraction of sp³-hybridized carbons (Fsp3) is 0.615. The molecule has 3 rings (SSSR count). The summed E-state index contributed by atoms with van der Waals surface area (Å²) in [5, 5.41) is 4.29. The molecule has 2 aliphatic rings. The highest BCUT2D eigenvalue weighted by atomic mass is 35.5. The van der Waals surface area contributed by atoms with Gasteiger partial charge in [-0.15, -0.1) is 0 Å². The number of hydrogen-bond donors (Lipinski definition) is 1. The normalized spacial score (nSPS) is 32.2. The first kappa shape index (κ1) is 11.3. The monoisotopic (exact) mass is 252 g/mol. The fourth-order valence-electron chi connectivity index (χ4n) is 2.96. The van der Waals surface area contributed by atoms with Crippen molar-refractivity contribution in [1.29, 1.82) is 0 Å². The van der Waals surface area contributed by atoms with Gasteiger partial charge in [0.25, 0.3) is 0 Å². The maximum atomic E-state index is 5.99. The molecule has 0 aromatic carbocycles. The van der Waals surface area contributed by atoms with E-state index in [1.807, 2.05) is 6.07 Å². The van der Waals surface area contributed by atoms with Crippen molar-refractivity contribution < 1.29 is 4.74 Å². The Labute approximate surface area is 107 Å². The molecule has 1 aromatic rings. The lowest BCUT2D eigenvalue weighted by atomic mass is 9.85. The van der Waals surface area contributed by atoms with Crippen LogP contribution < -0.4 is 10.1 Å². The van der Waals surface area contributed by atoms with Gasteiger partial charge in [-0.2, -0.15) is 0 Å². The zero-order chi connectivity index (χ0) is 11.7. The van der Waals surface area contributed by atoms with E-state index >= 15 is 0 Å². The highest BCUT2D eigenvalue weighted by molar-refractivity contribution is 6.30. The molecule has 17 heavy (non-hydrogen) atoms. The lowest BCUT2D eigenvalue weighted by Gasteiger charge is -2.40. The highest BCUT2D eigenvalue weighted by Crippen LogP contribution is 2.28. The Bertz CT molecular complexity index is 387. The van der Waals surface area contributed by atoms with E-state index in [4.69, 9.17) is 16.3 Å². The second kappa shape index (κ2) is 4.83. The van der Waals surface area contributed by atoms with E-state index in [-0.39, 0.29) is 0 Å². The Hall–Kier alpha value is -0.800.